The van der Waals surface area contributed by atoms with Crippen molar-refractivity contribution in [2.75, 3.05) is 23.3 Å². The number of carbonyl (C=O) groups excluding carboxylic acids is 1. The summed E-state index contributed by atoms with van der Waals surface area (Å²) in [5, 5.41) is 11.5. The Morgan fingerprint density at radius 2 is 2.47 bits per heavy atom. The van der Waals surface area contributed by atoms with E-state index in [0.717, 1.165) is 5.69 Å². The Morgan fingerprint density at radius 1 is 1.71 bits per heavy atom. The summed E-state index contributed by atoms with van der Waals surface area (Å²) >= 11 is 0. The number of fused-ring (bicyclic) bond motifs is 1. The van der Waals surface area contributed by atoms with Crippen molar-refractivity contribution < 1.29 is 14.7 Å². The molecule has 90 valence electrons. The lowest BCUT2D eigenvalue weighted by atomic mass is 10.1. The van der Waals surface area contributed by atoms with Crippen LogP contribution in [0.2, 0.25) is 0 Å². The van der Waals surface area contributed by atoms with Gasteiger partial charge in [-0.15, -0.1) is 0 Å². The summed E-state index contributed by atoms with van der Waals surface area (Å²) in [5.41, 5.74) is 0.764. The number of carboxylic acid groups (broad SMARTS) is 1. The van der Waals surface area contributed by atoms with Gasteiger partial charge in [0.15, 0.2) is 5.82 Å². The minimum absolute atomic E-state index is 0.163. The number of anilines is 2. The van der Waals surface area contributed by atoms with E-state index < -0.39 is 11.9 Å². The lowest BCUT2D eigenvalue weighted by Crippen LogP contribution is -2.42. The summed E-state index contributed by atoms with van der Waals surface area (Å²) in [5.74, 6) is -1.09. The van der Waals surface area contributed by atoms with Crippen LogP contribution in [0.5, 0.6) is 0 Å². The van der Waals surface area contributed by atoms with Crippen molar-refractivity contribution in [3.63, 3.8) is 0 Å². The van der Waals surface area contributed by atoms with E-state index in [1.807, 2.05) is 6.07 Å². The van der Waals surface area contributed by atoms with Gasteiger partial charge in [0.25, 0.3) is 0 Å². The fourth-order valence-corrected chi connectivity index (χ4v) is 1.75. The Kier molecular flexibility index (Phi) is 2.95. The van der Waals surface area contributed by atoms with Gasteiger partial charge in [0.2, 0.25) is 5.91 Å². The molecule has 6 nitrogen and oxygen atoms in total. The van der Waals surface area contributed by atoms with Crippen LogP contribution < -0.4 is 10.2 Å². The van der Waals surface area contributed by atoms with Crippen LogP contribution in [0, 0.1) is 5.92 Å². The van der Waals surface area contributed by atoms with Gasteiger partial charge in [-0.3, -0.25) is 9.59 Å². The van der Waals surface area contributed by atoms with Crippen LogP contribution >= 0.6 is 0 Å². The summed E-state index contributed by atoms with van der Waals surface area (Å²) < 4.78 is 0. The quantitative estimate of drug-likeness (QED) is 0.800. The highest BCUT2D eigenvalue weighted by Crippen LogP contribution is 2.27. The normalized spacial score (nSPS) is 16.1. The standard InChI is InChI=1S/C11H13N3O3/c1-7(11(16)17)5-14-6-9(15)13-10-8(14)3-2-4-12-10/h2-4,7H,5-6H2,1H3,(H,16,17)(H,12,13,15). The van der Waals surface area contributed by atoms with Crippen LogP contribution in [-0.4, -0.2) is 35.1 Å². The average Bonchev–Trinajstić information content (AvgIpc) is 2.28. The maximum absolute atomic E-state index is 11.4. The number of hydrogen-bond donors (Lipinski definition) is 2. The topological polar surface area (TPSA) is 82.5 Å². The van der Waals surface area contributed by atoms with Gasteiger partial charge in [-0.05, 0) is 12.1 Å². The van der Waals surface area contributed by atoms with Crippen LogP contribution in [0.25, 0.3) is 0 Å². The monoisotopic (exact) mass is 235 g/mol. The van der Waals surface area contributed by atoms with E-state index in [1.165, 1.54) is 0 Å². The Morgan fingerprint density at radius 3 is 3.18 bits per heavy atom. The molecular weight excluding hydrogens is 222 g/mol. The number of carbonyl (C=O) groups is 2. The van der Waals surface area contributed by atoms with Gasteiger partial charge in [-0.2, -0.15) is 0 Å². The first-order valence-corrected chi connectivity index (χ1v) is 5.30. The van der Waals surface area contributed by atoms with Crippen LogP contribution in [0.4, 0.5) is 11.5 Å². The molecule has 0 saturated carbocycles. The molecule has 0 spiro atoms. The van der Waals surface area contributed by atoms with Crippen LogP contribution in [0.3, 0.4) is 0 Å². The summed E-state index contributed by atoms with van der Waals surface area (Å²) in [4.78, 5) is 28.1. The Bertz CT molecular complexity index is 461. The van der Waals surface area contributed by atoms with Gasteiger partial charge >= 0.3 is 5.97 Å². The molecule has 0 fully saturated rings. The molecule has 1 aliphatic heterocycles. The molecule has 0 aromatic carbocycles. The molecule has 2 N–H and O–H groups in total. The molecule has 1 aliphatic rings. The number of carboxylic acids is 1. The second-order valence-electron chi connectivity index (χ2n) is 4.04. The Labute approximate surface area is 98.3 Å². The number of aliphatic carboxylic acids is 1. The van der Waals surface area contributed by atoms with Gasteiger partial charge in [-0.1, -0.05) is 6.92 Å². The van der Waals surface area contributed by atoms with Crippen LogP contribution in [0.15, 0.2) is 18.3 Å². The zero-order valence-corrected chi connectivity index (χ0v) is 9.38. The Hall–Kier alpha value is -2.11. The fraction of sp³-hybridized carbons (Fsp3) is 0.364. The maximum atomic E-state index is 11.4. The third-order valence-electron chi connectivity index (χ3n) is 2.64. The lowest BCUT2D eigenvalue weighted by molar-refractivity contribution is -0.140. The molecule has 0 aliphatic carbocycles. The second kappa shape index (κ2) is 4.40. The van der Waals surface area contributed by atoms with E-state index in [4.69, 9.17) is 5.11 Å². The molecule has 2 rings (SSSR count). The smallest absolute Gasteiger partial charge is 0.308 e. The highest BCUT2D eigenvalue weighted by molar-refractivity contribution is 5.99. The molecular formula is C11H13N3O3. The second-order valence-corrected chi connectivity index (χ2v) is 4.04. The molecule has 1 amide bonds. The van der Waals surface area contributed by atoms with Gasteiger partial charge in [-0.25, -0.2) is 4.98 Å². The van der Waals surface area contributed by atoms with Crippen molar-refractivity contribution in [3.8, 4) is 0 Å². The fourth-order valence-electron chi connectivity index (χ4n) is 1.75. The van der Waals surface area contributed by atoms with Crippen molar-refractivity contribution in [2.24, 2.45) is 5.92 Å². The molecule has 1 aromatic heterocycles. The van der Waals surface area contributed by atoms with E-state index in [9.17, 15) is 9.59 Å². The van der Waals surface area contributed by atoms with E-state index in [0.29, 0.717) is 12.4 Å². The molecule has 0 saturated heterocycles. The highest BCUT2D eigenvalue weighted by atomic mass is 16.4. The molecule has 1 atom stereocenters. The number of pyridine rings is 1. The minimum Gasteiger partial charge on any atom is -0.481 e. The van der Waals surface area contributed by atoms with E-state index >= 15 is 0 Å². The number of nitrogens with one attached hydrogen (secondary N) is 1. The summed E-state index contributed by atoms with van der Waals surface area (Å²) in [6.07, 6.45) is 1.59. The first kappa shape index (κ1) is 11.4. The van der Waals surface area contributed by atoms with Crippen molar-refractivity contribution in [1.82, 2.24) is 4.98 Å². The van der Waals surface area contributed by atoms with Crippen molar-refractivity contribution >= 4 is 23.4 Å². The minimum atomic E-state index is -0.874. The largest absolute Gasteiger partial charge is 0.481 e. The lowest BCUT2D eigenvalue weighted by Gasteiger charge is -2.31. The SMILES string of the molecule is CC(CN1CC(=O)Nc2ncccc21)C(=O)O. The van der Waals surface area contributed by atoms with Crippen molar-refractivity contribution in [1.29, 1.82) is 0 Å². The number of rotatable bonds is 3. The number of hydrogen-bond acceptors (Lipinski definition) is 4. The first-order valence-electron chi connectivity index (χ1n) is 5.30. The Balaban J connectivity index is 2.24. The van der Waals surface area contributed by atoms with Crippen LogP contribution in [0.1, 0.15) is 6.92 Å². The van der Waals surface area contributed by atoms with Gasteiger partial charge in [0.05, 0.1) is 18.2 Å². The maximum Gasteiger partial charge on any atom is 0.308 e. The molecule has 17 heavy (non-hydrogen) atoms. The number of amides is 1. The number of nitrogens with zero attached hydrogens (tertiary/aromatic N) is 2. The molecule has 6 heteroatoms. The average molecular weight is 235 g/mol. The third kappa shape index (κ3) is 2.35. The zero-order valence-electron chi connectivity index (χ0n) is 9.38. The van der Waals surface area contributed by atoms with E-state index in [1.54, 1.807) is 24.1 Å². The first-order chi connectivity index (χ1) is 8.08. The van der Waals surface area contributed by atoms with Gasteiger partial charge in [0, 0.05) is 12.7 Å². The third-order valence-corrected chi connectivity index (χ3v) is 2.64. The molecule has 0 bridgehead atoms. The molecule has 2 heterocycles. The number of aromatic nitrogens is 1. The van der Waals surface area contributed by atoms with Crippen molar-refractivity contribution in [3.05, 3.63) is 18.3 Å². The molecule has 1 unspecified atom stereocenters. The van der Waals surface area contributed by atoms with Crippen molar-refractivity contribution in [2.45, 2.75) is 6.92 Å². The predicted octanol–water partition coefficient (Wildman–Crippen LogP) is 0.561. The zero-order chi connectivity index (χ0) is 12.4. The van der Waals surface area contributed by atoms with E-state index in [-0.39, 0.29) is 12.5 Å². The predicted molar refractivity (Wildman–Crippen MR) is 61.9 cm³/mol. The highest BCUT2D eigenvalue weighted by Gasteiger charge is 2.25. The van der Waals surface area contributed by atoms with Crippen LogP contribution in [-0.2, 0) is 9.59 Å². The van der Waals surface area contributed by atoms with E-state index in [2.05, 4.69) is 10.3 Å². The molecule has 1 aromatic rings. The summed E-state index contributed by atoms with van der Waals surface area (Å²) in [6.45, 7) is 2.07. The van der Waals surface area contributed by atoms with Gasteiger partial charge < -0.3 is 15.3 Å². The molecule has 0 radical (unpaired) electrons. The summed E-state index contributed by atoms with van der Waals surface area (Å²) in [7, 11) is 0. The summed E-state index contributed by atoms with van der Waals surface area (Å²) in [6, 6.07) is 3.57. The van der Waals surface area contributed by atoms with Gasteiger partial charge in [0.1, 0.15) is 0 Å².